The van der Waals surface area contributed by atoms with Gasteiger partial charge in [0.15, 0.2) is 0 Å². The molecule has 3 rings (SSSR count). The predicted molar refractivity (Wildman–Crippen MR) is 103 cm³/mol. The minimum absolute atomic E-state index is 0.120. The first-order valence-corrected chi connectivity index (χ1v) is 8.76. The van der Waals surface area contributed by atoms with Crippen molar-refractivity contribution < 1.29 is 14.3 Å². The smallest absolute Gasteiger partial charge is 0.244 e. The monoisotopic (exact) mass is 352 g/mol. The molecule has 2 aromatic carbocycles. The maximum absolute atomic E-state index is 12.0. The summed E-state index contributed by atoms with van der Waals surface area (Å²) in [5.41, 5.74) is 3.20. The molecule has 0 aromatic heterocycles. The summed E-state index contributed by atoms with van der Waals surface area (Å²) in [5.74, 6) is 0.651. The number of benzene rings is 2. The number of methoxy groups -OCH3 is 1. The molecule has 136 valence electrons. The molecule has 1 saturated heterocycles. The molecule has 0 unspecified atom stereocenters. The quantitative estimate of drug-likeness (QED) is 0.812. The van der Waals surface area contributed by atoms with Gasteiger partial charge < -0.3 is 19.7 Å². The van der Waals surface area contributed by atoms with Gasteiger partial charge in [-0.25, -0.2) is 0 Å². The summed E-state index contributed by atoms with van der Waals surface area (Å²) in [6, 6.07) is 15.9. The van der Waals surface area contributed by atoms with Crippen LogP contribution in [0.15, 0.2) is 54.6 Å². The van der Waals surface area contributed by atoms with Crippen molar-refractivity contribution in [2.45, 2.75) is 6.54 Å². The summed E-state index contributed by atoms with van der Waals surface area (Å²) >= 11 is 0. The topological polar surface area (TPSA) is 50.8 Å². The van der Waals surface area contributed by atoms with Crippen LogP contribution in [0.25, 0.3) is 6.08 Å². The van der Waals surface area contributed by atoms with Gasteiger partial charge in [0.2, 0.25) is 5.91 Å². The lowest BCUT2D eigenvalue weighted by molar-refractivity contribution is -0.116. The standard InChI is InChI=1S/C21H24N2O3/c1-25-20-4-2-3-17(15-20)7-10-21(24)22-16-18-5-8-19(9-6-18)23-11-13-26-14-12-23/h2-10,15H,11-14,16H2,1H3,(H,22,24)/b10-7+. The van der Waals surface area contributed by atoms with Crippen molar-refractivity contribution in [1.82, 2.24) is 5.32 Å². The van der Waals surface area contributed by atoms with Crippen LogP contribution < -0.4 is 15.0 Å². The van der Waals surface area contributed by atoms with Crippen LogP contribution in [-0.2, 0) is 16.1 Å². The highest BCUT2D eigenvalue weighted by atomic mass is 16.5. The number of carbonyl (C=O) groups is 1. The third kappa shape index (κ3) is 5.10. The zero-order valence-corrected chi connectivity index (χ0v) is 15.0. The van der Waals surface area contributed by atoms with E-state index in [9.17, 15) is 4.79 Å². The number of nitrogens with zero attached hydrogens (tertiary/aromatic N) is 1. The molecule has 5 nitrogen and oxygen atoms in total. The Morgan fingerprint density at radius 3 is 2.69 bits per heavy atom. The van der Waals surface area contributed by atoms with Gasteiger partial charge in [0.1, 0.15) is 5.75 Å². The van der Waals surface area contributed by atoms with Gasteiger partial charge in [0, 0.05) is 31.4 Å². The van der Waals surface area contributed by atoms with Crippen LogP contribution in [0.1, 0.15) is 11.1 Å². The SMILES string of the molecule is COc1cccc(/C=C/C(=O)NCc2ccc(N3CCOCC3)cc2)c1. The van der Waals surface area contributed by atoms with E-state index in [0.29, 0.717) is 6.54 Å². The number of rotatable bonds is 6. The Morgan fingerprint density at radius 2 is 1.96 bits per heavy atom. The molecule has 1 heterocycles. The lowest BCUT2D eigenvalue weighted by atomic mass is 10.2. The molecular formula is C21H24N2O3. The van der Waals surface area contributed by atoms with Crippen LogP contribution in [0.5, 0.6) is 5.75 Å². The molecule has 26 heavy (non-hydrogen) atoms. The van der Waals surface area contributed by atoms with Crippen molar-refractivity contribution in [2.24, 2.45) is 0 Å². The molecule has 1 aliphatic heterocycles. The van der Waals surface area contributed by atoms with E-state index in [0.717, 1.165) is 43.2 Å². The Hall–Kier alpha value is -2.79. The van der Waals surface area contributed by atoms with Crippen LogP contribution in [0.3, 0.4) is 0 Å². The van der Waals surface area contributed by atoms with Gasteiger partial charge in [-0.1, -0.05) is 24.3 Å². The molecule has 0 radical (unpaired) electrons. The molecule has 1 amide bonds. The van der Waals surface area contributed by atoms with Crippen LogP contribution in [0, 0.1) is 0 Å². The second-order valence-corrected chi connectivity index (χ2v) is 6.09. The van der Waals surface area contributed by atoms with Crippen LogP contribution in [-0.4, -0.2) is 39.3 Å². The summed E-state index contributed by atoms with van der Waals surface area (Å²) in [5, 5.41) is 2.91. The lowest BCUT2D eigenvalue weighted by Crippen LogP contribution is -2.36. The number of ether oxygens (including phenoxy) is 2. The summed E-state index contributed by atoms with van der Waals surface area (Å²) < 4.78 is 10.6. The summed E-state index contributed by atoms with van der Waals surface area (Å²) in [7, 11) is 1.62. The number of hydrogen-bond acceptors (Lipinski definition) is 4. The molecular weight excluding hydrogens is 328 g/mol. The number of amides is 1. The maximum Gasteiger partial charge on any atom is 0.244 e. The van der Waals surface area contributed by atoms with Gasteiger partial charge >= 0.3 is 0 Å². The minimum atomic E-state index is -0.120. The van der Waals surface area contributed by atoms with Crippen LogP contribution >= 0.6 is 0 Å². The van der Waals surface area contributed by atoms with Crippen molar-refractivity contribution in [3.05, 3.63) is 65.7 Å². The lowest BCUT2D eigenvalue weighted by Gasteiger charge is -2.28. The number of hydrogen-bond donors (Lipinski definition) is 1. The van der Waals surface area contributed by atoms with E-state index in [1.54, 1.807) is 13.2 Å². The van der Waals surface area contributed by atoms with E-state index in [2.05, 4.69) is 34.5 Å². The average Bonchev–Trinajstić information content (AvgIpc) is 2.72. The van der Waals surface area contributed by atoms with Gasteiger partial charge in [-0.05, 0) is 41.5 Å². The molecule has 0 aliphatic carbocycles. The third-order valence-electron chi connectivity index (χ3n) is 4.30. The number of carbonyl (C=O) groups excluding carboxylic acids is 1. The second kappa shape index (κ2) is 9.06. The van der Waals surface area contributed by atoms with Crippen molar-refractivity contribution in [3.8, 4) is 5.75 Å². The number of nitrogens with one attached hydrogen (secondary N) is 1. The summed E-state index contributed by atoms with van der Waals surface area (Å²) in [6.07, 6.45) is 3.32. The first kappa shape index (κ1) is 18.0. The Kier molecular flexibility index (Phi) is 6.28. The van der Waals surface area contributed by atoms with E-state index in [-0.39, 0.29) is 5.91 Å². The van der Waals surface area contributed by atoms with Crippen molar-refractivity contribution in [2.75, 3.05) is 38.3 Å². The number of anilines is 1. The molecule has 1 aliphatic rings. The molecule has 0 spiro atoms. The maximum atomic E-state index is 12.0. The van der Waals surface area contributed by atoms with E-state index in [1.807, 2.05) is 24.3 Å². The fraction of sp³-hybridized carbons (Fsp3) is 0.286. The Labute approximate surface area is 154 Å². The number of morpholine rings is 1. The van der Waals surface area contributed by atoms with Crippen molar-refractivity contribution in [3.63, 3.8) is 0 Å². The zero-order valence-electron chi connectivity index (χ0n) is 15.0. The largest absolute Gasteiger partial charge is 0.497 e. The molecule has 1 fully saturated rings. The van der Waals surface area contributed by atoms with Gasteiger partial charge in [-0.15, -0.1) is 0 Å². The highest BCUT2D eigenvalue weighted by Gasteiger charge is 2.10. The van der Waals surface area contributed by atoms with Gasteiger partial charge in [-0.2, -0.15) is 0 Å². The van der Waals surface area contributed by atoms with Crippen molar-refractivity contribution >= 4 is 17.7 Å². The summed E-state index contributed by atoms with van der Waals surface area (Å²) in [6.45, 7) is 3.90. The first-order chi connectivity index (χ1) is 12.7. The van der Waals surface area contributed by atoms with E-state index in [4.69, 9.17) is 9.47 Å². The predicted octanol–water partition coefficient (Wildman–Crippen LogP) is 2.86. The normalized spacial score (nSPS) is 14.4. The highest BCUT2D eigenvalue weighted by Crippen LogP contribution is 2.17. The average molecular weight is 352 g/mol. The van der Waals surface area contributed by atoms with Crippen LogP contribution in [0.4, 0.5) is 5.69 Å². The molecule has 1 N–H and O–H groups in total. The first-order valence-electron chi connectivity index (χ1n) is 8.76. The highest BCUT2D eigenvalue weighted by molar-refractivity contribution is 5.91. The molecule has 2 aromatic rings. The second-order valence-electron chi connectivity index (χ2n) is 6.09. The van der Waals surface area contributed by atoms with Gasteiger partial charge in [0.25, 0.3) is 0 Å². The van der Waals surface area contributed by atoms with E-state index in [1.165, 1.54) is 11.8 Å². The van der Waals surface area contributed by atoms with Crippen molar-refractivity contribution in [1.29, 1.82) is 0 Å². The van der Waals surface area contributed by atoms with Gasteiger partial charge in [-0.3, -0.25) is 4.79 Å². The Morgan fingerprint density at radius 1 is 1.19 bits per heavy atom. The zero-order chi connectivity index (χ0) is 18.2. The molecule has 0 atom stereocenters. The van der Waals surface area contributed by atoms with E-state index < -0.39 is 0 Å². The molecule has 5 heteroatoms. The Bertz CT molecular complexity index is 750. The minimum Gasteiger partial charge on any atom is -0.497 e. The molecule has 0 saturated carbocycles. The fourth-order valence-corrected chi connectivity index (χ4v) is 2.81. The van der Waals surface area contributed by atoms with E-state index >= 15 is 0 Å². The third-order valence-corrected chi connectivity index (χ3v) is 4.30. The fourth-order valence-electron chi connectivity index (χ4n) is 2.81. The summed E-state index contributed by atoms with van der Waals surface area (Å²) in [4.78, 5) is 14.3. The van der Waals surface area contributed by atoms with Crippen LogP contribution in [0.2, 0.25) is 0 Å². The Balaban J connectivity index is 1.50. The molecule has 0 bridgehead atoms. The van der Waals surface area contributed by atoms with Gasteiger partial charge in [0.05, 0.1) is 20.3 Å².